The number of nitro benzene ring substituents is 1. The molecule has 0 radical (unpaired) electrons. The SMILES string of the molecule is CC(C)(C)[S+]([O-])N[C@@](C)(CS(=O)(=O)[C@@]1(C#N)CCOC1)c1cc([N+](=O)[O-])ccc1F. The predicted molar refractivity (Wildman–Crippen MR) is 109 cm³/mol. The van der Waals surface area contributed by atoms with Gasteiger partial charge in [0.05, 0.1) is 23.4 Å². The van der Waals surface area contributed by atoms with Gasteiger partial charge in [0.2, 0.25) is 0 Å². The molecule has 2 rings (SSSR count). The second-order valence-electron chi connectivity index (χ2n) is 8.40. The molecule has 0 spiro atoms. The molecule has 1 aliphatic heterocycles. The van der Waals surface area contributed by atoms with Crippen LogP contribution in [0.15, 0.2) is 18.2 Å². The fraction of sp³-hybridized carbons (Fsp3) is 0.611. The summed E-state index contributed by atoms with van der Waals surface area (Å²) in [5, 5.41) is 20.7. The van der Waals surface area contributed by atoms with Crippen molar-refractivity contribution in [3.63, 3.8) is 0 Å². The quantitative estimate of drug-likeness (QED) is 0.369. The summed E-state index contributed by atoms with van der Waals surface area (Å²) in [6.45, 7) is 5.96. The molecule has 9 nitrogen and oxygen atoms in total. The first-order valence-electron chi connectivity index (χ1n) is 9.03. The van der Waals surface area contributed by atoms with E-state index in [4.69, 9.17) is 4.74 Å². The lowest BCUT2D eigenvalue weighted by atomic mass is 9.94. The molecule has 1 unspecified atom stereocenters. The summed E-state index contributed by atoms with van der Waals surface area (Å²) >= 11 is -1.85. The van der Waals surface area contributed by atoms with Crippen LogP contribution in [0.3, 0.4) is 0 Å². The van der Waals surface area contributed by atoms with E-state index >= 15 is 0 Å². The van der Waals surface area contributed by atoms with Gasteiger partial charge >= 0.3 is 0 Å². The minimum atomic E-state index is -4.24. The van der Waals surface area contributed by atoms with E-state index in [2.05, 4.69) is 4.72 Å². The molecule has 0 amide bonds. The van der Waals surface area contributed by atoms with Gasteiger partial charge in [0.15, 0.2) is 14.6 Å². The molecule has 0 aliphatic carbocycles. The minimum Gasteiger partial charge on any atom is -0.598 e. The molecule has 3 atom stereocenters. The van der Waals surface area contributed by atoms with Crippen molar-refractivity contribution in [1.29, 1.82) is 5.26 Å². The van der Waals surface area contributed by atoms with Gasteiger partial charge in [-0.25, -0.2) is 12.8 Å². The van der Waals surface area contributed by atoms with Crippen LogP contribution in [0, 0.1) is 27.3 Å². The van der Waals surface area contributed by atoms with Crippen molar-refractivity contribution in [2.75, 3.05) is 19.0 Å². The van der Waals surface area contributed by atoms with Gasteiger partial charge in [0, 0.05) is 42.1 Å². The van der Waals surface area contributed by atoms with Crippen molar-refractivity contribution >= 4 is 26.9 Å². The number of hydrogen-bond acceptors (Lipinski definition) is 8. The highest BCUT2D eigenvalue weighted by Gasteiger charge is 2.52. The van der Waals surface area contributed by atoms with Gasteiger partial charge in [0.1, 0.15) is 16.1 Å². The van der Waals surface area contributed by atoms with Crippen molar-refractivity contribution < 1.29 is 27.0 Å². The maximum Gasteiger partial charge on any atom is 0.269 e. The molecule has 12 heteroatoms. The first-order valence-corrected chi connectivity index (χ1v) is 11.8. The highest BCUT2D eigenvalue weighted by Crippen LogP contribution is 2.36. The van der Waals surface area contributed by atoms with Crippen LogP contribution in [0.5, 0.6) is 0 Å². The number of nitrogens with zero attached hydrogens (tertiary/aromatic N) is 2. The van der Waals surface area contributed by atoms with Gasteiger partial charge in [-0.1, -0.05) is 0 Å². The third-order valence-electron chi connectivity index (χ3n) is 4.89. The summed E-state index contributed by atoms with van der Waals surface area (Å²) < 4.78 is 59.1. The Morgan fingerprint density at radius 1 is 1.40 bits per heavy atom. The van der Waals surface area contributed by atoms with Crippen molar-refractivity contribution in [1.82, 2.24) is 4.72 Å². The number of rotatable bonds is 7. The molecule has 0 aromatic heterocycles. The molecule has 1 aliphatic rings. The van der Waals surface area contributed by atoms with Crippen LogP contribution in [0.2, 0.25) is 0 Å². The molecular formula is C18H24FN3O6S2. The molecular weight excluding hydrogens is 437 g/mol. The van der Waals surface area contributed by atoms with Gasteiger partial charge in [0.25, 0.3) is 5.69 Å². The number of nitrogens with one attached hydrogen (secondary N) is 1. The molecule has 1 saturated heterocycles. The number of sulfone groups is 1. The third kappa shape index (κ3) is 4.76. The van der Waals surface area contributed by atoms with Crippen LogP contribution in [0.4, 0.5) is 10.1 Å². The molecule has 0 bridgehead atoms. The van der Waals surface area contributed by atoms with E-state index in [1.165, 1.54) is 6.92 Å². The Balaban J connectivity index is 2.62. The molecule has 1 fully saturated rings. The number of hydrogen-bond donors (Lipinski definition) is 1. The average molecular weight is 462 g/mol. The fourth-order valence-corrected chi connectivity index (χ4v) is 6.09. The Hall–Kier alpha value is -1.78. The van der Waals surface area contributed by atoms with E-state index in [0.29, 0.717) is 0 Å². The number of ether oxygens (including phenoxy) is 1. The lowest BCUT2D eigenvalue weighted by molar-refractivity contribution is -0.385. The molecule has 1 heterocycles. The lowest BCUT2D eigenvalue weighted by Gasteiger charge is -2.36. The zero-order chi connectivity index (χ0) is 23.0. The zero-order valence-electron chi connectivity index (χ0n) is 17.1. The number of halogens is 1. The van der Waals surface area contributed by atoms with Gasteiger partial charge in [-0.05, 0) is 33.8 Å². The Labute approximate surface area is 178 Å². The van der Waals surface area contributed by atoms with Crippen LogP contribution in [-0.4, -0.2) is 46.4 Å². The highest BCUT2D eigenvalue weighted by molar-refractivity contribution is 7.93. The van der Waals surface area contributed by atoms with Gasteiger partial charge < -0.3 is 9.29 Å². The van der Waals surface area contributed by atoms with Crippen molar-refractivity contribution in [2.24, 2.45) is 0 Å². The largest absolute Gasteiger partial charge is 0.598 e. The van der Waals surface area contributed by atoms with E-state index in [1.54, 1.807) is 26.8 Å². The normalized spacial score (nSPS) is 22.8. The number of non-ortho nitro benzene ring substituents is 1. The summed E-state index contributed by atoms with van der Waals surface area (Å²) in [5.41, 5.74) is -2.60. The second kappa shape index (κ2) is 8.39. The minimum absolute atomic E-state index is 0.0539. The van der Waals surface area contributed by atoms with E-state index in [-0.39, 0.29) is 25.2 Å². The van der Waals surface area contributed by atoms with E-state index in [0.717, 1.165) is 18.2 Å². The van der Waals surface area contributed by atoms with E-state index < -0.39 is 58.4 Å². The number of nitro groups is 1. The molecule has 1 N–H and O–H groups in total. The first-order chi connectivity index (χ1) is 13.7. The highest BCUT2D eigenvalue weighted by atomic mass is 32.2. The van der Waals surface area contributed by atoms with Crippen molar-refractivity contribution in [3.05, 3.63) is 39.7 Å². The van der Waals surface area contributed by atoms with Crippen molar-refractivity contribution in [2.45, 2.75) is 49.1 Å². The third-order valence-corrected chi connectivity index (χ3v) is 9.20. The van der Waals surface area contributed by atoms with Gasteiger partial charge in [-0.15, -0.1) is 4.72 Å². The summed E-state index contributed by atoms with van der Waals surface area (Å²) in [4.78, 5) is 10.5. The molecule has 1 aromatic carbocycles. The first kappa shape index (κ1) is 24.5. The number of benzene rings is 1. The average Bonchev–Trinajstić information content (AvgIpc) is 3.11. The molecule has 166 valence electrons. The standard InChI is InChI=1S/C18H24FN3O6S2/c1-16(2,3)29(25)21-17(4,14-9-13(22(23)24)5-6-15(14)19)12-30(26,27)18(10-20)7-8-28-11-18/h5-6,9,21H,7-8,11-12H2,1-4H3/t17-,18+,29?/m0/s1. The predicted octanol–water partition coefficient (Wildman–Crippen LogP) is 2.10. The topological polar surface area (TPSA) is 145 Å². The monoisotopic (exact) mass is 461 g/mol. The van der Waals surface area contributed by atoms with Gasteiger partial charge in [-0.3, -0.25) is 10.1 Å². The Morgan fingerprint density at radius 3 is 2.50 bits per heavy atom. The second-order valence-corrected chi connectivity index (χ2v) is 12.7. The molecule has 0 saturated carbocycles. The summed E-state index contributed by atoms with van der Waals surface area (Å²) in [5.74, 6) is -1.71. The summed E-state index contributed by atoms with van der Waals surface area (Å²) in [6.07, 6.45) is -0.0539. The van der Waals surface area contributed by atoms with Crippen LogP contribution >= 0.6 is 0 Å². The van der Waals surface area contributed by atoms with Crippen LogP contribution < -0.4 is 4.72 Å². The van der Waals surface area contributed by atoms with E-state index in [9.17, 15) is 32.7 Å². The summed E-state index contributed by atoms with van der Waals surface area (Å²) in [7, 11) is -4.24. The fourth-order valence-electron chi connectivity index (χ4n) is 3.04. The van der Waals surface area contributed by atoms with Crippen molar-refractivity contribution in [3.8, 4) is 6.07 Å². The van der Waals surface area contributed by atoms with Crippen LogP contribution in [0.1, 0.15) is 39.7 Å². The van der Waals surface area contributed by atoms with Crippen LogP contribution in [-0.2, 0) is 31.5 Å². The Morgan fingerprint density at radius 2 is 2.03 bits per heavy atom. The summed E-state index contributed by atoms with van der Waals surface area (Å²) in [6, 6.07) is 4.53. The Kier molecular flexibility index (Phi) is 6.85. The Bertz CT molecular complexity index is 967. The molecule has 30 heavy (non-hydrogen) atoms. The maximum atomic E-state index is 14.8. The van der Waals surface area contributed by atoms with Crippen LogP contribution in [0.25, 0.3) is 0 Å². The van der Waals surface area contributed by atoms with E-state index in [1.807, 2.05) is 0 Å². The molecule has 1 aromatic rings. The maximum absolute atomic E-state index is 14.8. The smallest absolute Gasteiger partial charge is 0.269 e. The zero-order valence-corrected chi connectivity index (χ0v) is 18.7. The lowest BCUT2D eigenvalue weighted by Crippen LogP contribution is -2.56. The van der Waals surface area contributed by atoms with Gasteiger partial charge in [-0.2, -0.15) is 5.26 Å². The number of nitriles is 1.